The molecule has 152 valence electrons. The molecule has 8 heteroatoms. The summed E-state index contributed by atoms with van der Waals surface area (Å²) in [5.74, 6) is 0.561. The Hall–Kier alpha value is -2.71. The van der Waals surface area contributed by atoms with Crippen molar-refractivity contribution in [2.45, 2.75) is 18.6 Å². The van der Waals surface area contributed by atoms with Gasteiger partial charge in [0.15, 0.2) is 11.5 Å². The molecule has 1 aromatic carbocycles. The molecule has 2 N–H and O–H groups in total. The Labute approximate surface area is 163 Å². The number of amides is 1. The number of ether oxygens (including phenoxy) is 4. The van der Waals surface area contributed by atoms with Crippen molar-refractivity contribution in [3.63, 3.8) is 0 Å². The third-order valence-corrected chi connectivity index (χ3v) is 5.18. The van der Waals surface area contributed by atoms with E-state index in [0.29, 0.717) is 29.4 Å². The number of hydrogen-bond acceptors (Lipinski definition) is 7. The van der Waals surface area contributed by atoms with Gasteiger partial charge in [-0.1, -0.05) is 6.08 Å². The maximum Gasteiger partial charge on any atom is 0.235 e. The Morgan fingerprint density at radius 2 is 1.75 bits per heavy atom. The molecule has 1 aromatic rings. The number of β-lactam (4-membered cyclic amide) rings is 1. The highest BCUT2D eigenvalue weighted by Crippen LogP contribution is 2.45. The third kappa shape index (κ3) is 3.18. The molecule has 1 heterocycles. The second-order valence-electron chi connectivity index (χ2n) is 6.56. The molecule has 0 bridgehead atoms. The van der Waals surface area contributed by atoms with E-state index in [9.17, 15) is 15.0 Å². The van der Waals surface area contributed by atoms with E-state index in [2.05, 4.69) is 0 Å². The fourth-order valence-electron chi connectivity index (χ4n) is 3.71. The smallest absolute Gasteiger partial charge is 0.235 e. The van der Waals surface area contributed by atoms with Crippen molar-refractivity contribution in [3.05, 3.63) is 35.6 Å². The standard InChI is InChI=1S/C20H25NO7/c1-25-15-6-5-11(7-14(15)23)18-13(10-22)20(24)21(18)12-8-16(26-2)19(28-4)17(9-12)27-3/h5,7-9,13,15,18,22-23H,6,10H2,1-4H3/t13-,15?,18+/m0/s1. The molecule has 0 saturated carbocycles. The van der Waals surface area contributed by atoms with Crippen molar-refractivity contribution in [3.8, 4) is 17.2 Å². The summed E-state index contributed by atoms with van der Waals surface area (Å²) in [6.45, 7) is -0.288. The average Bonchev–Trinajstić information content (AvgIpc) is 2.71. The molecule has 1 aliphatic carbocycles. The summed E-state index contributed by atoms with van der Waals surface area (Å²) in [5.41, 5.74) is 1.30. The Kier molecular flexibility index (Phi) is 5.81. The number of aliphatic hydroxyl groups excluding tert-OH is 2. The van der Waals surface area contributed by atoms with E-state index in [1.165, 1.54) is 28.4 Å². The highest BCUT2D eigenvalue weighted by Gasteiger charge is 2.49. The van der Waals surface area contributed by atoms with Crippen LogP contribution in [0.4, 0.5) is 5.69 Å². The van der Waals surface area contributed by atoms with Crippen LogP contribution in [-0.4, -0.2) is 63.3 Å². The lowest BCUT2D eigenvalue weighted by Crippen LogP contribution is -2.63. The number of benzene rings is 1. The topological polar surface area (TPSA) is 97.7 Å². The third-order valence-electron chi connectivity index (χ3n) is 5.18. The van der Waals surface area contributed by atoms with Gasteiger partial charge in [0.2, 0.25) is 11.7 Å². The summed E-state index contributed by atoms with van der Waals surface area (Å²) in [6.07, 6.45) is 3.60. The van der Waals surface area contributed by atoms with Gasteiger partial charge in [-0.05, 0) is 18.1 Å². The van der Waals surface area contributed by atoms with E-state index in [0.717, 1.165) is 5.57 Å². The van der Waals surface area contributed by atoms with E-state index in [-0.39, 0.29) is 18.3 Å². The summed E-state index contributed by atoms with van der Waals surface area (Å²) in [7, 11) is 6.04. The van der Waals surface area contributed by atoms with E-state index in [1.54, 1.807) is 23.1 Å². The van der Waals surface area contributed by atoms with Crippen LogP contribution in [-0.2, 0) is 9.53 Å². The summed E-state index contributed by atoms with van der Waals surface area (Å²) < 4.78 is 21.3. The van der Waals surface area contributed by atoms with Gasteiger partial charge in [-0.2, -0.15) is 0 Å². The fraction of sp³-hybridized carbons (Fsp3) is 0.450. The minimum atomic E-state index is -0.589. The van der Waals surface area contributed by atoms with E-state index in [4.69, 9.17) is 18.9 Å². The van der Waals surface area contributed by atoms with Gasteiger partial charge in [0.05, 0.1) is 45.6 Å². The second kappa shape index (κ2) is 8.12. The predicted molar refractivity (Wildman–Crippen MR) is 102 cm³/mol. The first kappa shape index (κ1) is 20.0. The first-order valence-electron chi connectivity index (χ1n) is 8.88. The highest BCUT2D eigenvalue weighted by molar-refractivity contribution is 6.05. The number of methoxy groups -OCH3 is 4. The molecule has 0 spiro atoms. The van der Waals surface area contributed by atoms with E-state index in [1.807, 2.05) is 6.08 Å². The van der Waals surface area contributed by atoms with Crippen LogP contribution in [0.3, 0.4) is 0 Å². The minimum absolute atomic E-state index is 0.0980. The monoisotopic (exact) mass is 391 g/mol. The lowest BCUT2D eigenvalue weighted by Gasteiger charge is -2.48. The molecule has 1 fully saturated rings. The number of anilines is 1. The SMILES string of the molecule is COc1cc(N2C(=O)[C@@H](CO)[C@H]2C2=CCC(OC)C(O)=C2)cc(OC)c1OC. The Balaban J connectivity index is 2.01. The first-order chi connectivity index (χ1) is 13.5. The van der Waals surface area contributed by atoms with Gasteiger partial charge < -0.3 is 34.1 Å². The molecule has 0 radical (unpaired) electrons. The number of carbonyl (C=O) groups is 1. The number of aliphatic hydroxyl groups is 2. The molecule has 28 heavy (non-hydrogen) atoms. The minimum Gasteiger partial charge on any atom is -0.510 e. The molecule has 3 rings (SSSR count). The van der Waals surface area contributed by atoms with Crippen LogP contribution in [0.5, 0.6) is 17.2 Å². The maximum absolute atomic E-state index is 12.7. The van der Waals surface area contributed by atoms with Gasteiger partial charge in [0.25, 0.3) is 0 Å². The van der Waals surface area contributed by atoms with Crippen molar-refractivity contribution in [2.75, 3.05) is 39.9 Å². The lowest BCUT2D eigenvalue weighted by atomic mass is 9.80. The molecule has 1 unspecified atom stereocenters. The van der Waals surface area contributed by atoms with Gasteiger partial charge in [0, 0.05) is 19.2 Å². The van der Waals surface area contributed by atoms with Crippen LogP contribution in [0.15, 0.2) is 35.6 Å². The molecule has 3 atom stereocenters. The second-order valence-corrected chi connectivity index (χ2v) is 6.56. The van der Waals surface area contributed by atoms with Gasteiger partial charge >= 0.3 is 0 Å². The molecular formula is C20H25NO7. The molecule has 1 saturated heterocycles. The van der Waals surface area contributed by atoms with Crippen LogP contribution in [0.2, 0.25) is 0 Å². The molecular weight excluding hydrogens is 366 g/mol. The number of rotatable bonds is 7. The van der Waals surface area contributed by atoms with Crippen LogP contribution in [0.25, 0.3) is 0 Å². The summed E-state index contributed by atoms with van der Waals surface area (Å²) in [6, 6.07) is 2.95. The van der Waals surface area contributed by atoms with Gasteiger partial charge in [-0.3, -0.25) is 4.79 Å². The van der Waals surface area contributed by atoms with E-state index < -0.39 is 18.1 Å². The normalized spacial score (nSPS) is 24.2. The molecule has 2 aliphatic rings. The highest BCUT2D eigenvalue weighted by atomic mass is 16.5. The summed E-state index contributed by atoms with van der Waals surface area (Å²) in [5, 5.41) is 19.9. The van der Waals surface area contributed by atoms with Crippen molar-refractivity contribution in [2.24, 2.45) is 5.92 Å². The molecule has 8 nitrogen and oxygen atoms in total. The zero-order chi connectivity index (χ0) is 20.4. The zero-order valence-electron chi connectivity index (χ0n) is 16.3. The number of carbonyl (C=O) groups excluding carboxylic acids is 1. The molecule has 1 amide bonds. The fourth-order valence-corrected chi connectivity index (χ4v) is 3.71. The average molecular weight is 391 g/mol. The molecule has 0 aromatic heterocycles. The lowest BCUT2D eigenvalue weighted by molar-refractivity contribution is -0.130. The quantitative estimate of drug-likeness (QED) is 0.684. The first-order valence-corrected chi connectivity index (χ1v) is 8.88. The predicted octanol–water partition coefficient (Wildman–Crippen LogP) is 1.82. The Bertz CT molecular complexity index is 792. The largest absolute Gasteiger partial charge is 0.510 e. The van der Waals surface area contributed by atoms with Crippen LogP contribution >= 0.6 is 0 Å². The summed E-state index contributed by atoms with van der Waals surface area (Å²) in [4.78, 5) is 14.3. The van der Waals surface area contributed by atoms with Crippen LogP contribution in [0.1, 0.15) is 6.42 Å². The van der Waals surface area contributed by atoms with Gasteiger partial charge in [0.1, 0.15) is 11.9 Å². The Morgan fingerprint density at radius 1 is 1.11 bits per heavy atom. The van der Waals surface area contributed by atoms with Crippen molar-refractivity contribution >= 4 is 11.6 Å². The zero-order valence-corrected chi connectivity index (χ0v) is 16.3. The number of hydrogen-bond donors (Lipinski definition) is 2. The van der Waals surface area contributed by atoms with Crippen molar-refractivity contribution < 1.29 is 34.0 Å². The molecule has 1 aliphatic heterocycles. The van der Waals surface area contributed by atoms with Gasteiger partial charge in [-0.25, -0.2) is 0 Å². The van der Waals surface area contributed by atoms with Crippen LogP contribution < -0.4 is 19.1 Å². The van der Waals surface area contributed by atoms with E-state index >= 15 is 0 Å². The Morgan fingerprint density at radius 3 is 2.21 bits per heavy atom. The van der Waals surface area contributed by atoms with Crippen LogP contribution in [0, 0.1) is 5.92 Å². The van der Waals surface area contributed by atoms with Crippen molar-refractivity contribution in [1.82, 2.24) is 0 Å². The maximum atomic E-state index is 12.7. The van der Waals surface area contributed by atoms with Crippen molar-refractivity contribution in [1.29, 1.82) is 0 Å². The van der Waals surface area contributed by atoms with Gasteiger partial charge in [-0.15, -0.1) is 0 Å². The summed E-state index contributed by atoms with van der Waals surface area (Å²) >= 11 is 0. The number of nitrogens with zero attached hydrogens (tertiary/aromatic N) is 1.